The lowest BCUT2D eigenvalue weighted by Gasteiger charge is -2.04. The van der Waals surface area contributed by atoms with E-state index in [2.05, 4.69) is 16.4 Å². The van der Waals surface area contributed by atoms with Gasteiger partial charge in [0.1, 0.15) is 11.4 Å². The zero-order chi connectivity index (χ0) is 15.5. The quantitative estimate of drug-likeness (QED) is 0.800. The summed E-state index contributed by atoms with van der Waals surface area (Å²) in [4.78, 5) is 0. The predicted octanol–water partition coefficient (Wildman–Crippen LogP) is 2.40. The van der Waals surface area contributed by atoms with E-state index in [1.54, 1.807) is 25.3 Å². The monoisotopic (exact) mass is 291 g/mol. The highest BCUT2D eigenvalue weighted by molar-refractivity contribution is 5.71. The van der Waals surface area contributed by atoms with Crippen molar-refractivity contribution in [2.45, 2.75) is 0 Å². The molecule has 2 N–H and O–H groups in total. The third kappa shape index (κ3) is 2.36. The first-order valence-electron chi connectivity index (χ1n) is 6.59. The van der Waals surface area contributed by atoms with Crippen molar-refractivity contribution >= 4 is 5.82 Å². The summed E-state index contributed by atoms with van der Waals surface area (Å²) in [5.74, 6) is 1.18. The van der Waals surface area contributed by atoms with Crippen LogP contribution >= 0.6 is 0 Å². The fourth-order valence-corrected chi connectivity index (χ4v) is 2.14. The molecule has 108 valence electrons. The SMILES string of the molecule is COc1ccc(-c2nnn(-c3cccc(C#N)c3)c2N)cc1. The summed E-state index contributed by atoms with van der Waals surface area (Å²) in [6, 6.07) is 16.5. The summed E-state index contributed by atoms with van der Waals surface area (Å²) in [6.45, 7) is 0. The Hall–Kier alpha value is -3.33. The van der Waals surface area contributed by atoms with Gasteiger partial charge in [-0.25, -0.2) is 0 Å². The third-order valence-corrected chi connectivity index (χ3v) is 3.29. The van der Waals surface area contributed by atoms with Crippen molar-refractivity contribution in [3.8, 4) is 28.8 Å². The van der Waals surface area contributed by atoms with Crippen LogP contribution in [0.4, 0.5) is 5.82 Å². The molecule has 0 bridgehead atoms. The fraction of sp³-hybridized carbons (Fsp3) is 0.0625. The molecule has 6 heteroatoms. The number of ether oxygens (including phenoxy) is 1. The Morgan fingerprint density at radius 2 is 1.95 bits per heavy atom. The number of rotatable bonds is 3. The molecule has 2 aromatic carbocycles. The van der Waals surface area contributed by atoms with Crippen LogP contribution in [0.3, 0.4) is 0 Å². The number of aromatic nitrogens is 3. The van der Waals surface area contributed by atoms with E-state index < -0.39 is 0 Å². The van der Waals surface area contributed by atoms with E-state index in [1.807, 2.05) is 30.3 Å². The van der Waals surface area contributed by atoms with Gasteiger partial charge in [0.05, 0.1) is 24.4 Å². The number of hydrogen-bond donors (Lipinski definition) is 1. The van der Waals surface area contributed by atoms with Gasteiger partial charge in [-0.3, -0.25) is 0 Å². The average molecular weight is 291 g/mol. The van der Waals surface area contributed by atoms with Gasteiger partial charge in [0.2, 0.25) is 0 Å². The molecule has 0 aliphatic rings. The van der Waals surface area contributed by atoms with Crippen LogP contribution in [0.1, 0.15) is 5.56 Å². The molecule has 0 aliphatic heterocycles. The van der Waals surface area contributed by atoms with Gasteiger partial charge in [-0.2, -0.15) is 9.94 Å². The molecule has 1 heterocycles. The van der Waals surface area contributed by atoms with Gasteiger partial charge < -0.3 is 10.5 Å². The van der Waals surface area contributed by atoms with Crippen molar-refractivity contribution in [3.63, 3.8) is 0 Å². The average Bonchev–Trinajstić information content (AvgIpc) is 2.96. The molecule has 0 amide bonds. The van der Waals surface area contributed by atoms with Crippen LogP contribution in [0.15, 0.2) is 48.5 Å². The van der Waals surface area contributed by atoms with Crippen LogP contribution in [0.2, 0.25) is 0 Å². The molecule has 0 fully saturated rings. The van der Waals surface area contributed by atoms with E-state index in [-0.39, 0.29) is 0 Å². The highest BCUT2D eigenvalue weighted by atomic mass is 16.5. The second-order valence-corrected chi connectivity index (χ2v) is 4.63. The molecule has 0 unspecified atom stereocenters. The lowest BCUT2D eigenvalue weighted by molar-refractivity contribution is 0.415. The zero-order valence-electron chi connectivity index (χ0n) is 11.9. The number of anilines is 1. The van der Waals surface area contributed by atoms with Gasteiger partial charge in [-0.15, -0.1) is 5.10 Å². The topological polar surface area (TPSA) is 89.8 Å². The number of nitrogen functional groups attached to an aromatic ring is 1. The van der Waals surface area contributed by atoms with Crippen molar-refractivity contribution in [2.75, 3.05) is 12.8 Å². The highest BCUT2D eigenvalue weighted by Crippen LogP contribution is 2.27. The van der Waals surface area contributed by atoms with Crippen LogP contribution in [0.25, 0.3) is 16.9 Å². The molecule has 0 saturated carbocycles. The second-order valence-electron chi connectivity index (χ2n) is 4.63. The van der Waals surface area contributed by atoms with E-state index in [9.17, 15) is 0 Å². The molecule has 3 aromatic rings. The zero-order valence-corrected chi connectivity index (χ0v) is 11.9. The fourth-order valence-electron chi connectivity index (χ4n) is 2.14. The molecule has 0 spiro atoms. The van der Waals surface area contributed by atoms with E-state index in [1.165, 1.54) is 4.68 Å². The number of hydrogen-bond acceptors (Lipinski definition) is 5. The summed E-state index contributed by atoms with van der Waals surface area (Å²) in [6.07, 6.45) is 0. The molecule has 22 heavy (non-hydrogen) atoms. The van der Waals surface area contributed by atoms with Crippen LogP contribution in [-0.2, 0) is 0 Å². The molecular weight excluding hydrogens is 278 g/mol. The van der Waals surface area contributed by atoms with E-state index in [0.29, 0.717) is 22.8 Å². The summed E-state index contributed by atoms with van der Waals surface area (Å²) >= 11 is 0. The van der Waals surface area contributed by atoms with Crippen LogP contribution < -0.4 is 10.5 Å². The smallest absolute Gasteiger partial charge is 0.155 e. The normalized spacial score (nSPS) is 10.2. The Bertz CT molecular complexity index is 846. The molecule has 1 aromatic heterocycles. The van der Waals surface area contributed by atoms with Crippen molar-refractivity contribution in [1.29, 1.82) is 5.26 Å². The van der Waals surface area contributed by atoms with E-state index in [0.717, 1.165) is 11.3 Å². The maximum Gasteiger partial charge on any atom is 0.155 e. The van der Waals surface area contributed by atoms with E-state index >= 15 is 0 Å². The molecule has 6 nitrogen and oxygen atoms in total. The molecule has 0 saturated heterocycles. The Balaban J connectivity index is 2.02. The first kappa shape index (κ1) is 13.6. The number of nitrogens with two attached hydrogens (primary N) is 1. The largest absolute Gasteiger partial charge is 0.497 e. The maximum atomic E-state index is 8.97. The van der Waals surface area contributed by atoms with Gasteiger partial charge in [-0.1, -0.05) is 11.3 Å². The summed E-state index contributed by atoms with van der Waals surface area (Å²) < 4.78 is 6.65. The molecule has 3 rings (SSSR count). The first-order chi connectivity index (χ1) is 10.7. The lowest BCUT2D eigenvalue weighted by Crippen LogP contribution is -2.02. The van der Waals surface area contributed by atoms with Gasteiger partial charge in [-0.05, 0) is 42.5 Å². The van der Waals surface area contributed by atoms with Crippen LogP contribution in [0.5, 0.6) is 5.75 Å². The number of nitriles is 1. The minimum absolute atomic E-state index is 0.417. The van der Waals surface area contributed by atoms with E-state index in [4.69, 9.17) is 15.7 Å². The molecule has 0 atom stereocenters. The minimum atomic E-state index is 0.417. The lowest BCUT2D eigenvalue weighted by atomic mass is 10.1. The second kappa shape index (κ2) is 5.58. The highest BCUT2D eigenvalue weighted by Gasteiger charge is 2.13. The van der Waals surface area contributed by atoms with Crippen molar-refractivity contribution in [1.82, 2.24) is 15.0 Å². The Labute approximate surface area is 127 Å². The van der Waals surface area contributed by atoms with Crippen molar-refractivity contribution < 1.29 is 4.74 Å². The van der Waals surface area contributed by atoms with Crippen molar-refractivity contribution in [3.05, 3.63) is 54.1 Å². The number of nitrogens with zero attached hydrogens (tertiary/aromatic N) is 4. The van der Waals surface area contributed by atoms with Gasteiger partial charge >= 0.3 is 0 Å². The van der Waals surface area contributed by atoms with Crippen molar-refractivity contribution in [2.24, 2.45) is 0 Å². The molecule has 0 aliphatic carbocycles. The summed E-state index contributed by atoms with van der Waals surface area (Å²) in [5, 5.41) is 17.2. The Morgan fingerprint density at radius 1 is 1.18 bits per heavy atom. The third-order valence-electron chi connectivity index (χ3n) is 3.29. The molecule has 0 radical (unpaired) electrons. The molecular formula is C16H13N5O. The Morgan fingerprint density at radius 3 is 2.64 bits per heavy atom. The van der Waals surface area contributed by atoms with Gasteiger partial charge in [0, 0.05) is 5.56 Å². The first-order valence-corrected chi connectivity index (χ1v) is 6.59. The summed E-state index contributed by atoms with van der Waals surface area (Å²) in [5.41, 5.74) is 8.83. The van der Waals surface area contributed by atoms with Crippen LogP contribution in [-0.4, -0.2) is 22.1 Å². The van der Waals surface area contributed by atoms with Gasteiger partial charge in [0.15, 0.2) is 5.82 Å². The predicted molar refractivity (Wildman–Crippen MR) is 82.5 cm³/mol. The standard InChI is InChI=1S/C16H13N5O/c1-22-14-7-5-12(6-8-14)15-16(18)21(20-19-15)13-4-2-3-11(9-13)10-17/h2-9H,18H2,1H3. The number of methoxy groups -OCH3 is 1. The maximum absolute atomic E-state index is 8.97. The Kier molecular flexibility index (Phi) is 3.46. The summed E-state index contributed by atoms with van der Waals surface area (Å²) in [7, 11) is 1.61. The minimum Gasteiger partial charge on any atom is -0.497 e. The number of benzene rings is 2. The van der Waals surface area contributed by atoms with Gasteiger partial charge in [0.25, 0.3) is 0 Å². The van der Waals surface area contributed by atoms with Crippen LogP contribution in [0, 0.1) is 11.3 Å².